The van der Waals surface area contributed by atoms with E-state index in [1.54, 1.807) is 20.4 Å². The highest BCUT2D eigenvalue weighted by molar-refractivity contribution is 6.39. The number of carbonyl (C=O) groups is 1. The van der Waals surface area contributed by atoms with Gasteiger partial charge < -0.3 is 25.2 Å². The van der Waals surface area contributed by atoms with E-state index >= 15 is 0 Å². The third-order valence-corrected chi connectivity index (χ3v) is 9.56. The fourth-order valence-electron chi connectivity index (χ4n) is 6.47. The van der Waals surface area contributed by atoms with Gasteiger partial charge in [-0.15, -0.1) is 0 Å². The first-order valence-electron chi connectivity index (χ1n) is 15.8. The van der Waals surface area contributed by atoms with Gasteiger partial charge in [0.15, 0.2) is 0 Å². The number of aromatic nitrogens is 2. The average Bonchev–Trinajstić information content (AvgIpc) is 3.49. The molecule has 2 unspecified atom stereocenters. The van der Waals surface area contributed by atoms with Crippen molar-refractivity contribution in [1.29, 1.82) is 0 Å². The van der Waals surface area contributed by atoms with Crippen molar-refractivity contribution < 1.29 is 19.4 Å². The molecule has 47 heavy (non-hydrogen) atoms. The number of fused-ring (bicyclic) bond motifs is 1. The molecule has 0 aliphatic carbocycles. The molecule has 2 aromatic carbocycles. The van der Waals surface area contributed by atoms with E-state index in [9.17, 15) is 9.90 Å². The van der Waals surface area contributed by atoms with Crippen LogP contribution in [0.4, 0.5) is 0 Å². The van der Waals surface area contributed by atoms with Gasteiger partial charge >= 0.3 is 0 Å². The number of β-amino-alcohol motifs (C(OH)–C–C–N with tert-alkyl or cyclic N) is 1. The van der Waals surface area contributed by atoms with Crippen molar-refractivity contribution in [2.75, 3.05) is 33.9 Å². The number of hydrogen-bond acceptors (Lipinski definition) is 8. The topological polar surface area (TPSA) is 109 Å². The maximum atomic E-state index is 11.5. The van der Waals surface area contributed by atoms with Crippen LogP contribution in [-0.4, -0.2) is 71.9 Å². The summed E-state index contributed by atoms with van der Waals surface area (Å²) in [6.45, 7) is 5.22. The molecule has 3 N–H and O–H groups in total. The quantitative estimate of drug-likeness (QED) is 0.180. The Morgan fingerprint density at radius 3 is 2.62 bits per heavy atom. The molecular formula is C36H39Cl2N5O4. The van der Waals surface area contributed by atoms with Crippen LogP contribution in [0.1, 0.15) is 36.5 Å². The summed E-state index contributed by atoms with van der Waals surface area (Å²) in [6, 6.07) is 15.9. The van der Waals surface area contributed by atoms with E-state index in [0.29, 0.717) is 59.9 Å². The van der Waals surface area contributed by atoms with Crippen LogP contribution in [0.25, 0.3) is 33.6 Å². The molecule has 0 saturated carbocycles. The van der Waals surface area contributed by atoms with E-state index in [2.05, 4.69) is 26.6 Å². The zero-order valence-electron chi connectivity index (χ0n) is 26.8. The molecule has 246 valence electrons. The van der Waals surface area contributed by atoms with Gasteiger partial charge in [-0.2, -0.15) is 0 Å². The van der Waals surface area contributed by atoms with Crippen molar-refractivity contribution in [3.05, 3.63) is 81.5 Å². The Hall–Kier alpha value is -3.73. The molecule has 2 atom stereocenters. The number of nitrogens with zero attached hydrogens (tertiary/aromatic N) is 3. The number of aliphatic hydroxyl groups is 1. The van der Waals surface area contributed by atoms with E-state index in [4.69, 9.17) is 37.7 Å². The maximum absolute atomic E-state index is 11.5. The van der Waals surface area contributed by atoms with Crippen LogP contribution in [0.2, 0.25) is 10.0 Å². The summed E-state index contributed by atoms with van der Waals surface area (Å²) < 4.78 is 11.5. The molecule has 2 aliphatic heterocycles. The molecule has 4 heterocycles. The van der Waals surface area contributed by atoms with Gasteiger partial charge in [-0.25, -0.2) is 4.98 Å². The second-order valence-electron chi connectivity index (χ2n) is 12.1. The van der Waals surface area contributed by atoms with Crippen LogP contribution < -0.4 is 20.1 Å². The Labute approximate surface area is 285 Å². The standard InChI is InChI=1S/C36H39Cl2N5O4/c1-21(44)19-43-14-12-22-15-24(16-31(46-2)29(22)20-43)35-34(38)27(11-13-40-35)26-5-4-6-28(33(26)37)30-9-7-23(36(42-30)47-3)17-39-18-25-8-10-32(45)41-25/h4-7,9,11,13,15-16,21,25,39,44H,8,10,12,14,17-20H2,1-3H3,(H,41,45). The molecule has 6 rings (SSSR count). The monoisotopic (exact) mass is 675 g/mol. The summed E-state index contributed by atoms with van der Waals surface area (Å²) in [7, 11) is 3.28. The molecule has 1 saturated heterocycles. The van der Waals surface area contributed by atoms with E-state index in [-0.39, 0.29) is 11.9 Å². The molecule has 11 heteroatoms. The smallest absolute Gasteiger partial charge is 0.220 e. The Balaban J connectivity index is 1.27. The molecule has 0 radical (unpaired) electrons. The summed E-state index contributed by atoms with van der Waals surface area (Å²) in [5.74, 6) is 1.39. The zero-order valence-corrected chi connectivity index (χ0v) is 28.3. The number of carbonyl (C=O) groups excluding carboxylic acids is 1. The van der Waals surface area contributed by atoms with Crippen LogP contribution in [-0.2, 0) is 24.3 Å². The fourth-order valence-corrected chi connectivity index (χ4v) is 7.12. The molecule has 0 bridgehead atoms. The molecular weight excluding hydrogens is 637 g/mol. The van der Waals surface area contributed by atoms with Crippen LogP contribution in [0, 0.1) is 0 Å². The minimum Gasteiger partial charge on any atom is -0.496 e. The number of benzene rings is 2. The van der Waals surface area contributed by atoms with Crippen LogP contribution in [0.3, 0.4) is 0 Å². The second kappa shape index (κ2) is 14.6. The number of halogens is 2. The Bertz CT molecular complexity index is 1770. The van der Waals surface area contributed by atoms with Crippen molar-refractivity contribution in [1.82, 2.24) is 25.5 Å². The predicted molar refractivity (Wildman–Crippen MR) is 185 cm³/mol. The van der Waals surface area contributed by atoms with Crippen LogP contribution in [0.5, 0.6) is 11.6 Å². The minimum absolute atomic E-state index is 0.101. The van der Waals surface area contributed by atoms with Gasteiger partial charge in [0.2, 0.25) is 11.8 Å². The number of hydrogen-bond donors (Lipinski definition) is 3. The lowest BCUT2D eigenvalue weighted by Gasteiger charge is -2.31. The van der Waals surface area contributed by atoms with Gasteiger partial charge in [-0.1, -0.05) is 47.5 Å². The molecule has 9 nitrogen and oxygen atoms in total. The number of methoxy groups -OCH3 is 2. The van der Waals surface area contributed by atoms with Gasteiger partial charge in [0, 0.05) is 84.8 Å². The van der Waals surface area contributed by atoms with Gasteiger partial charge in [0.25, 0.3) is 0 Å². The maximum Gasteiger partial charge on any atom is 0.220 e. The van der Waals surface area contributed by atoms with Crippen molar-refractivity contribution in [2.45, 2.75) is 51.4 Å². The first kappa shape index (κ1) is 33.2. The van der Waals surface area contributed by atoms with Crippen molar-refractivity contribution in [2.24, 2.45) is 0 Å². The third-order valence-electron chi connectivity index (χ3n) is 8.77. The SMILES string of the molecule is COc1cc(-c2nccc(-c3cccc(-c4ccc(CNCC5CCC(=O)N5)c(OC)n4)c3Cl)c2Cl)cc2c1CN(CC(C)O)CC2. The Morgan fingerprint density at radius 2 is 1.87 bits per heavy atom. The largest absolute Gasteiger partial charge is 0.496 e. The number of aliphatic hydroxyl groups excluding tert-OH is 1. The lowest BCUT2D eigenvalue weighted by molar-refractivity contribution is -0.119. The summed E-state index contributed by atoms with van der Waals surface area (Å²) >= 11 is 14.2. The highest BCUT2D eigenvalue weighted by atomic mass is 35.5. The highest BCUT2D eigenvalue weighted by Gasteiger charge is 2.24. The van der Waals surface area contributed by atoms with Crippen molar-refractivity contribution in [3.63, 3.8) is 0 Å². The Kier molecular flexibility index (Phi) is 10.3. The van der Waals surface area contributed by atoms with E-state index in [0.717, 1.165) is 58.5 Å². The fraction of sp³-hybridized carbons (Fsp3) is 0.361. The molecule has 0 spiro atoms. The molecule has 1 fully saturated rings. The lowest BCUT2D eigenvalue weighted by atomic mass is 9.93. The number of amides is 1. The van der Waals surface area contributed by atoms with Gasteiger partial charge in [-0.05, 0) is 49.6 Å². The minimum atomic E-state index is -0.392. The van der Waals surface area contributed by atoms with E-state index in [1.807, 2.05) is 49.4 Å². The second-order valence-corrected chi connectivity index (χ2v) is 12.9. The zero-order chi connectivity index (χ0) is 33.1. The summed E-state index contributed by atoms with van der Waals surface area (Å²) in [6.07, 6.45) is 3.60. The van der Waals surface area contributed by atoms with Crippen molar-refractivity contribution >= 4 is 29.1 Å². The van der Waals surface area contributed by atoms with Gasteiger partial charge in [0.05, 0.1) is 41.8 Å². The molecule has 1 amide bonds. The van der Waals surface area contributed by atoms with E-state index in [1.165, 1.54) is 5.56 Å². The normalized spacial score (nSPS) is 16.9. The summed E-state index contributed by atoms with van der Waals surface area (Å²) in [5, 5.41) is 17.3. The third kappa shape index (κ3) is 7.24. The predicted octanol–water partition coefficient (Wildman–Crippen LogP) is 5.91. The van der Waals surface area contributed by atoms with E-state index < -0.39 is 6.10 Å². The number of nitrogens with one attached hydrogen (secondary N) is 2. The van der Waals surface area contributed by atoms with Crippen LogP contribution >= 0.6 is 23.2 Å². The molecule has 2 aliphatic rings. The first-order valence-corrected chi connectivity index (χ1v) is 16.6. The average molecular weight is 677 g/mol. The highest BCUT2D eigenvalue weighted by Crippen LogP contribution is 2.43. The summed E-state index contributed by atoms with van der Waals surface area (Å²) in [4.78, 5) is 23.2. The number of pyridine rings is 2. The van der Waals surface area contributed by atoms with Gasteiger partial charge in [-0.3, -0.25) is 14.7 Å². The number of rotatable bonds is 11. The first-order chi connectivity index (χ1) is 22.7. The Morgan fingerprint density at radius 1 is 1.06 bits per heavy atom. The summed E-state index contributed by atoms with van der Waals surface area (Å²) in [5.41, 5.74) is 7.69. The van der Waals surface area contributed by atoms with Crippen LogP contribution in [0.15, 0.2) is 54.7 Å². The lowest BCUT2D eigenvalue weighted by Crippen LogP contribution is -2.35. The van der Waals surface area contributed by atoms with Gasteiger partial charge in [0.1, 0.15) is 5.75 Å². The molecule has 4 aromatic rings. The molecule has 2 aromatic heterocycles. The van der Waals surface area contributed by atoms with Crippen molar-refractivity contribution in [3.8, 4) is 45.3 Å². The number of ether oxygens (including phenoxy) is 2.